The Bertz CT molecular complexity index is 502. The normalized spacial score (nSPS) is 12.1. The lowest BCUT2D eigenvalue weighted by molar-refractivity contribution is 0.106. The second kappa shape index (κ2) is 7.57. The van der Waals surface area contributed by atoms with Gasteiger partial charge in [0.15, 0.2) is 0 Å². The number of hydrogen-bond acceptors (Lipinski definition) is 5. The number of hydrogen-bond donors (Lipinski definition) is 2. The number of aliphatic hydroxyl groups excluding tert-OH is 1. The van der Waals surface area contributed by atoms with Gasteiger partial charge in [-0.15, -0.1) is 0 Å². The number of aliphatic hydroxyl groups is 1. The van der Waals surface area contributed by atoms with Crippen molar-refractivity contribution in [3.8, 4) is 5.75 Å². The van der Waals surface area contributed by atoms with Crippen molar-refractivity contribution in [1.29, 1.82) is 0 Å². The molecule has 106 valence electrons. The van der Waals surface area contributed by atoms with E-state index in [1.165, 1.54) is 11.9 Å². The van der Waals surface area contributed by atoms with Gasteiger partial charge in [-0.1, -0.05) is 17.7 Å². The molecule has 0 spiro atoms. The zero-order valence-electron chi connectivity index (χ0n) is 11.5. The van der Waals surface area contributed by atoms with Gasteiger partial charge in [-0.25, -0.2) is 9.97 Å². The molecule has 0 aliphatic rings. The number of aromatic nitrogens is 2. The first-order valence-corrected chi connectivity index (χ1v) is 6.57. The molecule has 0 aliphatic heterocycles. The molecular weight excluding hydrogens is 254 g/mol. The first kappa shape index (κ1) is 14.4. The van der Waals surface area contributed by atoms with Crippen molar-refractivity contribution in [2.75, 3.05) is 13.2 Å². The van der Waals surface area contributed by atoms with Crippen molar-refractivity contribution in [3.63, 3.8) is 0 Å². The summed E-state index contributed by atoms with van der Waals surface area (Å²) < 4.78 is 5.51. The van der Waals surface area contributed by atoms with E-state index in [1.807, 2.05) is 37.3 Å². The summed E-state index contributed by atoms with van der Waals surface area (Å²) in [6, 6.07) is 9.60. The molecule has 0 saturated carbocycles. The van der Waals surface area contributed by atoms with Crippen LogP contribution in [0, 0.1) is 6.92 Å². The molecule has 1 aromatic carbocycles. The van der Waals surface area contributed by atoms with Crippen LogP contribution < -0.4 is 10.1 Å². The minimum atomic E-state index is -0.557. The first-order chi connectivity index (χ1) is 9.74. The number of aryl methyl sites for hydroxylation is 1. The molecule has 1 heterocycles. The molecule has 1 unspecified atom stereocenters. The third-order valence-corrected chi connectivity index (χ3v) is 2.79. The summed E-state index contributed by atoms with van der Waals surface area (Å²) in [4.78, 5) is 7.94. The third kappa shape index (κ3) is 4.95. The van der Waals surface area contributed by atoms with Crippen LogP contribution in [0.2, 0.25) is 0 Å². The summed E-state index contributed by atoms with van der Waals surface area (Å²) in [7, 11) is 0. The Labute approximate surface area is 118 Å². The van der Waals surface area contributed by atoms with E-state index in [4.69, 9.17) is 4.74 Å². The maximum absolute atomic E-state index is 9.82. The highest BCUT2D eigenvalue weighted by Gasteiger charge is 2.05. The predicted molar refractivity (Wildman–Crippen MR) is 76.4 cm³/mol. The number of benzene rings is 1. The van der Waals surface area contributed by atoms with Crippen LogP contribution in [0.4, 0.5) is 0 Å². The van der Waals surface area contributed by atoms with Crippen LogP contribution in [-0.2, 0) is 6.54 Å². The molecule has 5 heteroatoms. The Morgan fingerprint density at radius 2 is 2.05 bits per heavy atom. The molecular formula is C15H19N3O2. The maximum Gasteiger partial charge on any atom is 0.119 e. The quantitative estimate of drug-likeness (QED) is 0.796. The van der Waals surface area contributed by atoms with Gasteiger partial charge >= 0.3 is 0 Å². The molecule has 0 bridgehead atoms. The van der Waals surface area contributed by atoms with Gasteiger partial charge in [0.25, 0.3) is 0 Å². The monoisotopic (exact) mass is 273 g/mol. The van der Waals surface area contributed by atoms with Gasteiger partial charge in [-0.05, 0) is 25.1 Å². The zero-order valence-corrected chi connectivity index (χ0v) is 11.5. The van der Waals surface area contributed by atoms with E-state index in [1.54, 1.807) is 6.20 Å². The molecule has 1 aromatic heterocycles. The number of ether oxygens (including phenoxy) is 1. The van der Waals surface area contributed by atoms with E-state index in [-0.39, 0.29) is 6.61 Å². The molecule has 5 nitrogen and oxygen atoms in total. The lowest BCUT2D eigenvalue weighted by atomic mass is 10.2. The zero-order chi connectivity index (χ0) is 14.2. The van der Waals surface area contributed by atoms with Gasteiger partial charge in [0, 0.05) is 19.3 Å². The van der Waals surface area contributed by atoms with E-state index in [0.29, 0.717) is 13.1 Å². The molecule has 0 amide bonds. The summed E-state index contributed by atoms with van der Waals surface area (Å²) in [6.45, 7) is 3.34. The molecule has 20 heavy (non-hydrogen) atoms. The van der Waals surface area contributed by atoms with Crippen LogP contribution in [-0.4, -0.2) is 34.3 Å². The average Bonchev–Trinajstić information content (AvgIpc) is 2.48. The van der Waals surface area contributed by atoms with Crippen molar-refractivity contribution >= 4 is 0 Å². The minimum Gasteiger partial charge on any atom is -0.491 e. The summed E-state index contributed by atoms with van der Waals surface area (Å²) in [5.41, 5.74) is 2.08. The van der Waals surface area contributed by atoms with Crippen molar-refractivity contribution in [2.24, 2.45) is 0 Å². The molecule has 1 atom stereocenters. The van der Waals surface area contributed by atoms with E-state index in [9.17, 15) is 5.11 Å². The molecule has 2 rings (SSSR count). The maximum atomic E-state index is 9.82. The van der Waals surface area contributed by atoms with E-state index >= 15 is 0 Å². The average molecular weight is 273 g/mol. The lowest BCUT2D eigenvalue weighted by Gasteiger charge is -2.13. The van der Waals surface area contributed by atoms with Gasteiger partial charge in [-0.2, -0.15) is 0 Å². The van der Waals surface area contributed by atoms with E-state index < -0.39 is 6.10 Å². The number of nitrogens with zero attached hydrogens (tertiary/aromatic N) is 2. The SMILES string of the molecule is Cc1ccc(OCC(O)CNCc2ccncn2)cc1. The second-order valence-corrected chi connectivity index (χ2v) is 4.61. The Kier molecular flexibility index (Phi) is 5.46. The predicted octanol–water partition coefficient (Wildman–Crippen LogP) is 1.31. The smallest absolute Gasteiger partial charge is 0.119 e. The highest BCUT2D eigenvalue weighted by molar-refractivity contribution is 5.26. The molecule has 0 radical (unpaired) electrons. The van der Waals surface area contributed by atoms with Crippen LogP contribution in [0.3, 0.4) is 0 Å². The number of rotatable bonds is 7. The summed E-state index contributed by atoms with van der Waals surface area (Å²) in [6.07, 6.45) is 2.65. The minimum absolute atomic E-state index is 0.264. The topological polar surface area (TPSA) is 67.3 Å². The highest BCUT2D eigenvalue weighted by Crippen LogP contribution is 2.11. The fourth-order valence-electron chi connectivity index (χ4n) is 1.68. The molecule has 2 aromatic rings. The van der Waals surface area contributed by atoms with Gasteiger partial charge in [-0.3, -0.25) is 0 Å². The van der Waals surface area contributed by atoms with Gasteiger partial charge in [0.05, 0.1) is 5.69 Å². The molecule has 2 N–H and O–H groups in total. The van der Waals surface area contributed by atoms with Crippen LogP contribution in [0.1, 0.15) is 11.3 Å². The van der Waals surface area contributed by atoms with Gasteiger partial charge in [0.2, 0.25) is 0 Å². The van der Waals surface area contributed by atoms with Crippen LogP contribution in [0.25, 0.3) is 0 Å². The molecule has 0 aliphatic carbocycles. The highest BCUT2D eigenvalue weighted by atomic mass is 16.5. The van der Waals surface area contributed by atoms with Gasteiger partial charge in [0.1, 0.15) is 24.8 Å². The van der Waals surface area contributed by atoms with Crippen molar-refractivity contribution in [1.82, 2.24) is 15.3 Å². The number of nitrogens with one attached hydrogen (secondary N) is 1. The van der Waals surface area contributed by atoms with E-state index in [2.05, 4.69) is 15.3 Å². The Morgan fingerprint density at radius 3 is 2.75 bits per heavy atom. The Balaban J connectivity index is 1.65. The molecule has 0 fully saturated rings. The second-order valence-electron chi connectivity index (χ2n) is 4.61. The summed E-state index contributed by atoms with van der Waals surface area (Å²) in [5, 5.41) is 12.9. The Hall–Kier alpha value is -1.98. The van der Waals surface area contributed by atoms with Gasteiger partial charge < -0.3 is 15.2 Å². The van der Waals surface area contributed by atoms with Crippen LogP contribution in [0.5, 0.6) is 5.75 Å². The largest absolute Gasteiger partial charge is 0.491 e. The lowest BCUT2D eigenvalue weighted by Crippen LogP contribution is -2.31. The molecule has 0 saturated heterocycles. The van der Waals surface area contributed by atoms with Crippen molar-refractivity contribution < 1.29 is 9.84 Å². The van der Waals surface area contributed by atoms with Crippen LogP contribution >= 0.6 is 0 Å². The van der Waals surface area contributed by atoms with Crippen molar-refractivity contribution in [3.05, 3.63) is 54.1 Å². The summed E-state index contributed by atoms with van der Waals surface area (Å²) in [5.74, 6) is 0.769. The van der Waals surface area contributed by atoms with Crippen molar-refractivity contribution in [2.45, 2.75) is 19.6 Å². The summed E-state index contributed by atoms with van der Waals surface area (Å²) >= 11 is 0. The Morgan fingerprint density at radius 1 is 1.25 bits per heavy atom. The van der Waals surface area contributed by atoms with E-state index in [0.717, 1.165) is 11.4 Å². The van der Waals surface area contributed by atoms with Crippen LogP contribution in [0.15, 0.2) is 42.9 Å². The fourth-order valence-corrected chi connectivity index (χ4v) is 1.68. The first-order valence-electron chi connectivity index (χ1n) is 6.57. The standard InChI is InChI=1S/C15H19N3O2/c1-12-2-4-15(5-3-12)20-10-14(19)9-17-8-13-6-7-16-11-18-13/h2-7,11,14,17,19H,8-10H2,1H3. The third-order valence-electron chi connectivity index (χ3n) is 2.79. The fraction of sp³-hybridized carbons (Fsp3) is 0.333.